The van der Waals surface area contributed by atoms with Gasteiger partial charge in [-0.1, -0.05) is 23.2 Å². The summed E-state index contributed by atoms with van der Waals surface area (Å²) in [6.45, 7) is 0. The summed E-state index contributed by atoms with van der Waals surface area (Å²) in [5.41, 5.74) is 2.37. The third kappa shape index (κ3) is 3.41. The number of carbonyl (C=O) groups excluding carboxylic acids is 1. The smallest absolute Gasteiger partial charge is 0.257 e. The van der Waals surface area contributed by atoms with Crippen molar-refractivity contribution in [3.05, 3.63) is 57.6 Å². The molecule has 0 aliphatic heterocycles. The molecular weight excluding hydrogens is 323 g/mol. The molecule has 0 bridgehead atoms. The molecular formula is C13H9Cl2F2N3O. The predicted octanol–water partition coefficient (Wildman–Crippen LogP) is 3.81. The van der Waals surface area contributed by atoms with Crippen LogP contribution in [-0.4, -0.2) is 5.91 Å². The Morgan fingerprint density at radius 1 is 1.14 bits per heavy atom. The van der Waals surface area contributed by atoms with E-state index in [1.54, 1.807) is 0 Å². The van der Waals surface area contributed by atoms with Gasteiger partial charge in [0.2, 0.25) is 0 Å². The molecule has 8 heteroatoms. The van der Waals surface area contributed by atoms with Crippen LogP contribution >= 0.6 is 23.2 Å². The largest absolute Gasteiger partial charge is 0.323 e. The van der Waals surface area contributed by atoms with E-state index in [2.05, 4.69) is 10.7 Å². The average Bonchev–Trinajstić information content (AvgIpc) is 2.42. The van der Waals surface area contributed by atoms with Crippen molar-refractivity contribution in [2.75, 3.05) is 10.7 Å². The quantitative estimate of drug-likeness (QED) is 0.591. The molecule has 4 N–H and O–H groups in total. The lowest BCUT2D eigenvalue weighted by atomic mass is 10.1. The summed E-state index contributed by atoms with van der Waals surface area (Å²) in [6, 6.07) is 5.86. The first-order chi connectivity index (χ1) is 9.92. The van der Waals surface area contributed by atoms with Gasteiger partial charge in [0.15, 0.2) is 5.82 Å². The minimum Gasteiger partial charge on any atom is -0.323 e. The molecule has 0 saturated heterocycles. The van der Waals surface area contributed by atoms with Crippen LogP contribution in [0.3, 0.4) is 0 Å². The van der Waals surface area contributed by atoms with Crippen molar-refractivity contribution in [2.24, 2.45) is 5.84 Å². The van der Waals surface area contributed by atoms with Crippen molar-refractivity contribution in [3.63, 3.8) is 0 Å². The topological polar surface area (TPSA) is 67.1 Å². The first-order valence-electron chi connectivity index (χ1n) is 5.64. The van der Waals surface area contributed by atoms with Gasteiger partial charge in [-0.25, -0.2) is 8.78 Å². The van der Waals surface area contributed by atoms with E-state index < -0.39 is 17.5 Å². The van der Waals surface area contributed by atoms with E-state index in [0.29, 0.717) is 11.1 Å². The zero-order chi connectivity index (χ0) is 15.6. The Morgan fingerprint density at radius 2 is 1.86 bits per heavy atom. The van der Waals surface area contributed by atoms with Crippen LogP contribution in [0.4, 0.5) is 20.2 Å². The van der Waals surface area contributed by atoms with Crippen LogP contribution < -0.4 is 16.6 Å². The molecule has 0 heterocycles. The minimum absolute atomic E-state index is 0.0878. The molecule has 0 atom stereocenters. The monoisotopic (exact) mass is 331 g/mol. The SMILES string of the molecule is NNc1ccc(Cl)cc1C(=O)Nc1c(F)cc(F)cc1Cl. The Kier molecular flexibility index (Phi) is 4.62. The highest BCUT2D eigenvalue weighted by Gasteiger charge is 2.17. The Balaban J connectivity index is 2.37. The van der Waals surface area contributed by atoms with Crippen LogP contribution in [0.25, 0.3) is 0 Å². The van der Waals surface area contributed by atoms with Crippen LogP contribution in [0.1, 0.15) is 10.4 Å². The van der Waals surface area contributed by atoms with Gasteiger partial charge in [0.1, 0.15) is 5.82 Å². The lowest BCUT2D eigenvalue weighted by molar-refractivity contribution is 0.102. The molecule has 2 aromatic rings. The third-order valence-electron chi connectivity index (χ3n) is 2.63. The van der Waals surface area contributed by atoms with Crippen molar-refractivity contribution in [1.82, 2.24) is 0 Å². The van der Waals surface area contributed by atoms with Gasteiger partial charge < -0.3 is 10.7 Å². The number of hydrazine groups is 1. The zero-order valence-electron chi connectivity index (χ0n) is 10.4. The molecule has 21 heavy (non-hydrogen) atoms. The van der Waals surface area contributed by atoms with Gasteiger partial charge in [-0.2, -0.15) is 0 Å². The zero-order valence-corrected chi connectivity index (χ0v) is 11.9. The van der Waals surface area contributed by atoms with Gasteiger partial charge in [0.25, 0.3) is 5.91 Å². The molecule has 110 valence electrons. The number of nitrogens with two attached hydrogens (primary N) is 1. The third-order valence-corrected chi connectivity index (χ3v) is 3.16. The second-order valence-electron chi connectivity index (χ2n) is 4.03. The van der Waals surface area contributed by atoms with Gasteiger partial charge in [-0.3, -0.25) is 10.6 Å². The summed E-state index contributed by atoms with van der Waals surface area (Å²) in [5.74, 6) is 2.76. The predicted molar refractivity (Wildman–Crippen MR) is 78.6 cm³/mol. The van der Waals surface area contributed by atoms with Crippen LogP contribution in [0.2, 0.25) is 10.0 Å². The van der Waals surface area contributed by atoms with Crippen LogP contribution in [-0.2, 0) is 0 Å². The summed E-state index contributed by atoms with van der Waals surface area (Å²) in [7, 11) is 0. The molecule has 0 fully saturated rings. The molecule has 1 amide bonds. The molecule has 0 aliphatic rings. The van der Waals surface area contributed by atoms with Gasteiger partial charge in [-0.15, -0.1) is 0 Å². The Hall–Kier alpha value is -1.89. The maximum Gasteiger partial charge on any atom is 0.257 e. The second kappa shape index (κ2) is 6.26. The molecule has 0 aliphatic carbocycles. The van der Waals surface area contributed by atoms with E-state index in [9.17, 15) is 13.6 Å². The molecule has 0 radical (unpaired) electrons. The molecule has 2 rings (SSSR count). The molecule has 2 aromatic carbocycles. The molecule has 0 unspecified atom stereocenters. The number of hydrogen-bond acceptors (Lipinski definition) is 3. The standard InChI is InChI=1S/C13H9Cl2F2N3O/c14-6-1-2-11(20-18)8(3-6)13(21)19-12-9(15)4-7(16)5-10(12)17/h1-5,20H,18H2,(H,19,21). The fourth-order valence-corrected chi connectivity index (χ4v) is 2.09. The summed E-state index contributed by atoms with van der Waals surface area (Å²) in [5, 5.41) is 2.29. The van der Waals surface area contributed by atoms with Crippen molar-refractivity contribution in [2.45, 2.75) is 0 Å². The van der Waals surface area contributed by atoms with E-state index in [-0.39, 0.29) is 22.0 Å². The second-order valence-corrected chi connectivity index (χ2v) is 4.88. The van der Waals surface area contributed by atoms with Crippen molar-refractivity contribution in [1.29, 1.82) is 0 Å². The van der Waals surface area contributed by atoms with Crippen molar-refractivity contribution >= 4 is 40.5 Å². The maximum absolute atomic E-state index is 13.6. The molecule has 4 nitrogen and oxygen atoms in total. The van der Waals surface area contributed by atoms with E-state index >= 15 is 0 Å². The number of hydrogen-bond donors (Lipinski definition) is 3. The van der Waals surface area contributed by atoms with Gasteiger partial charge in [0, 0.05) is 11.1 Å². The number of carbonyl (C=O) groups is 1. The van der Waals surface area contributed by atoms with E-state index in [1.165, 1.54) is 18.2 Å². The van der Waals surface area contributed by atoms with Crippen molar-refractivity contribution in [3.8, 4) is 0 Å². The number of nitrogen functional groups attached to an aromatic ring is 1. The number of anilines is 2. The minimum atomic E-state index is -0.988. The Morgan fingerprint density at radius 3 is 2.48 bits per heavy atom. The molecule has 0 aromatic heterocycles. The van der Waals surface area contributed by atoms with E-state index in [1.807, 2.05) is 0 Å². The van der Waals surface area contributed by atoms with Gasteiger partial charge in [-0.05, 0) is 24.3 Å². The highest BCUT2D eigenvalue weighted by molar-refractivity contribution is 6.34. The van der Waals surface area contributed by atoms with Gasteiger partial charge in [0.05, 0.1) is 22.0 Å². The van der Waals surface area contributed by atoms with Crippen LogP contribution in [0, 0.1) is 11.6 Å². The fraction of sp³-hybridized carbons (Fsp3) is 0. The highest BCUT2D eigenvalue weighted by Crippen LogP contribution is 2.28. The Labute approximate surface area is 128 Å². The fourth-order valence-electron chi connectivity index (χ4n) is 1.67. The number of benzene rings is 2. The number of amides is 1. The Bertz CT molecular complexity index is 687. The summed E-state index contributed by atoms with van der Waals surface area (Å²) in [4.78, 5) is 12.2. The number of rotatable bonds is 3. The summed E-state index contributed by atoms with van der Waals surface area (Å²) < 4.78 is 26.6. The van der Waals surface area contributed by atoms with E-state index in [4.69, 9.17) is 29.0 Å². The normalized spacial score (nSPS) is 10.3. The van der Waals surface area contributed by atoms with Crippen LogP contribution in [0.5, 0.6) is 0 Å². The number of halogens is 4. The van der Waals surface area contributed by atoms with Crippen molar-refractivity contribution < 1.29 is 13.6 Å². The van der Waals surface area contributed by atoms with E-state index in [0.717, 1.165) is 6.07 Å². The van der Waals surface area contributed by atoms with Gasteiger partial charge >= 0.3 is 0 Å². The highest BCUT2D eigenvalue weighted by atomic mass is 35.5. The molecule has 0 spiro atoms. The summed E-state index contributed by atoms with van der Waals surface area (Å²) in [6.07, 6.45) is 0. The van der Waals surface area contributed by atoms with Crippen LogP contribution in [0.15, 0.2) is 30.3 Å². The first-order valence-corrected chi connectivity index (χ1v) is 6.40. The number of nitrogens with one attached hydrogen (secondary N) is 2. The molecule has 0 saturated carbocycles. The lowest BCUT2D eigenvalue weighted by Gasteiger charge is -2.12. The average molecular weight is 332 g/mol. The lowest BCUT2D eigenvalue weighted by Crippen LogP contribution is -2.18. The maximum atomic E-state index is 13.6. The summed E-state index contributed by atoms with van der Waals surface area (Å²) >= 11 is 11.5. The first kappa shape index (κ1) is 15.5.